The van der Waals surface area contributed by atoms with E-state index in [2.05, 4.69) is 91.3 Å². The molecule has 21 heavy (non-hydrogen) atoms. The molecule has 0 fully saturated rings. The van der Waals surface area contributed by atoms with Gasteiger partial charge in [-0.15, -0.1) is 0 Å². The lowest BCUT2D eigenvalue weighted by molar-refractivity contribution is -0.677. The Morgan fingerprint density at radius 3 is 2.14 bits per heavy atom. The average molecular weight is 274 g/mol. The highest BCUT2D eigenvalue weighted by molar-refractivity contribution is 5.63. The molecular formula is C20H20N+. The van der Waals surface area contributed by atoms with Crippen LogP contribution in [0.1, 0.15) is 16.7 Å². The molecule has 0 amide bonds. The van der Waals surface area contributed by atoms with Gasteiger partial charge in [0.15, 0.2) is 12.7 Å². The van der Waals surface area contributed by atoms with Crippen LogP contribution in [0.3, 0.4) is 0 Å². The van der Waals surface area contributed by atoms with Gasteiger partial charge in [-0.2, -0.15) is 4.57 Å². The fourth-order valence-electron chi connectivity index (χ4n) is 2.79. The second-order valence-electron chi connectivity index (χ2n) is 5.47. The predicted molar refractivity (Wildman–Crippen MR) is 87.1 cm³/mol. The van der Waals surface area contributed by atoms with E-state index >= 15 is 0 Å². The van der Waals surface area contributed by atoms with Crippen molar-refractivity contribution in [3.8, 4) is 11.3 Å². The minimum Gasteiger partial charge on any atom is -0.194 e. The molecule has 104 valence electrons. The molecule has 1 aromatic heterocycles. The minimum atomic E-state index is 0.895. The van der Waals surface area contributed by atoms with E-state index < -0.39 is 0 Å². The van der Waals surface area contributed by atoms with Gasteiger partial charge in [-0.1, -0.05) is 48.5 Å². The highest BCUT2D eigenvalue weighted by atomic mass is 15.0. The van der Waals surface area contributed by atoms with Crippen molar-refractivity contribution in [2.75, 3.05) is 0 Å². The van der Waals surface area contributed by atoms with Crippen molar-refractivity contribution in [1.29, 1.82) is 0 Å². The summed E-state index contributed by atoms with van der Waals surface area (Å²) in [5, 5.41) is 0. The number of hydrogen-bond donors (Lipinski definition) is 0. The van der Waals surface area contributed by atoms with Crippen molar-refractivity contribution in [3.05, 3.63) is 89.6 Å². The van der Waals surface area contributed by atoms with Crippen LogP contribution < -0.4 is 4.57 Å². The second-order valence-corrected chi connectivity index (χ2v) is 5.47. The van der Waals surface area contributed by atoms with Crippen LogP contribution >= 0.6 is 0 Å². The molecule has 2 aromatic carbocycles. The first-order valence-corrected chi connectivity index (χ1v) is 7.34. The third-order valence-electron chi connectivity index (χ3n) is 3.87. The summed E-state index contributed by atoms with van der Waals surface area (Å²) in [6.45, 7) is 5.25. The van der Waals surface area contributed by atoms with Crippen LogP contribution in [0.15, 0.2) is 72.9 Å². The maximum atomic E-state index is 2.34. The summed E-state index contributed by atoms with van der Waals surface area (Å²) in [6.07, 6.45) is 2.17. The van der Waals surface area contributed by atoms with Crippen LogP contribution in [-0.4, -0.2) is 0 Å². The largest absolute Gasteiger partial charge is 0.215 e. The van der Waals surface area contributed by atoms with E-state index in [0.29, 0.717) is 0 Å². The van der Waals surface area contributed by atoms with Crippen molar-refractivity contribution in [2.45, 2.75) is 20.4 Å². The molecule has 0 saturated carbocycles. The van der Waals surface area contributed by atoms with Crippen molar-refractivity contribution in [2.24, 2.45) is 0 Å². The molecule has 0 unspecified atom stereocenters. The van der Waals surface area contributed by atoms with Gasteiger partial charge >= 0.3 is 0 Å². The SMILES string of the molecule is Cc1ccccc1-c1c(C)ccc[n+]1Cc1ccccc1. The van der Waals surface area contributed by atoms with Crippen LogP contribution in [0.4, 0.5) is 0 Å². The fourth-order valence-corrected chi connectivity index (χ4v) is 2.79. The van der Waals surface area contributed by atoms with Gasteiger partial charge in [0.25, 0.3) is 0 Å². The van der Waals surface area contributed by atoms with Gasteiger partial charge in [-0.25, -0.2) is 0 Å². The number of nitrogens with zero attached hydrogens (tertiary/aromatic N) is 1. The van der Waals surface area contributed by atoms with Crippen LogP contribution in [0.2, 0.25) is 0 Å². The summed E-state index contributed by atoms with van der Waals surface area (Å²) < 4.78 is 2.34. The Balaban J connectivity index is 2.10. The Kier molecular flexibility index (Phi) is 3.83. The first kappa shape index (κ1) is 13.6. The molecular weight excluding hydrogens is 254 g/mol. The Labute approximate surface area is 126 Å². The number of rotatable bonds is 3. The minimum absolute atomic E-state index is 0.895. The lowest BCUT2D eigenvalue weighted by Crippen LogP contribution is -2.37. The van der Waals surface area contributed by atoms with Crippen LogP contribution in [0.25, 0.3) is 11.3 Å². The third-order valence-corrected chi connectivity index (χ3v) is 3.87. The Hall–Kier alpha value is -2.41. The zero-order chi connectivity index (χ0) is 14.7. The molecule has 0 saturated heterocycles. The van der Waals surface area contributed by atoms with E-state index in [-0.39, 0.29) is 0 Å². The standard InChI is InChI=1S/C20H20N/c1-16-9-6-7-13-19(16)20-17(2)10-8-14-21(20)15-18-11-4-3-5-12-18/h3-14H,15H2,1-2H3/q+1. The van der Waals surface area contributed by atoms with Crippen LogP contribution in [0.5, 0.6) is 0 Å². The summed E-state index contributed by atoms with van der Waals surface area (Å²) in [7, 11) is 0. The maximum absolute atomic E-state index is 2.34. The van der Waals surface area contributed by atoms with E-state index in [9.17, 15) is 0 Å². The zero-order valence-electron chi connectivity index (χ0n) is 12.6. The van der Waals surface area contributed by atoms with Gasteiger partial charge in [-0.05, 0) is 31.5 Å². The highest BCUT2D eigenvalue weighted by Gasteiger charge is 2.17. The molecule has 3 rings (SSSR count). The number of hydrogen-bond acceptors (Lipinski definition) is 0. The summed E-state index contributed by atoms with van der Waals surface area (Å²) in [5.41, 5.74) is 6.56. The molecule has 0 aliphatic heterocycles. The Morgan fingerprint density at radius 2 is 1.38 bits per heavy atom. The lowest BCUT2D eigenvalue weighted by Gasteiger charge is -2.09. The quantitative estimate of drug-likeness (QED) is 0.627. The van der Waals surface area contributed by atoms with Crippen molar-refractivity contribution >= 4 is 0 Å². The van der Waals surface area contributed by atoms with Gasteiger partial charge in [0, 0.05) is 22.8 Å². The lowest BCUT2D eigenvalue weighted by atomic mass is 10.0. The average Bonchev–Trinajstić information content (AvgIpc) is 2.50. The molecule has 0 atom stereocenters. The molecule has 0 spiro atoms. The van der Waals surface area contributed by atoms with Gasteiger partial charge in [0.2, 0.25) is 5.69 Å². The molecule has 0 N–H and O–H groups in total. The molecule has 1 nitrogen and oxygen atoms in total. The molecule has 1 heteroatoms. The van der Waals surface area contributed by atoms with Gasteiger partial charge in [0.05, 0.1) is 0 Å². The van der Waals surface area contributed by atoms with Gasteiger partial charge in [0.1, 0.15) is 0 Å². The third kappa shape index (κ3) is 2.87. The number of aryl methyl sites for hydroxylation is 2. The van der Waals surface area contributed by atoms with E-state index in [1.165, 1.54) is 27.9 Å². The van der Waals surface area contributed by atoms with E-state index in [1.54, 1.807) is 0 Å². The molecule has 0 radical (unpaired) electrons. The second kappa shape index (κ2) is 5.92. The molecule has 0 bridgehead atoms. The Bertz CT molecular complexity index is 745. The van der Waals surface area contributed by atoms with Crippen molar-refractivity contribution in [1.82, 2.24) is 0 Å². The first-order chi connectivity index (χ1) is 10.3. The number of pyridine rings is 1. The number of aromatic nitrogens is 1. The summed E-state index contributed by atoms with van der Waals surface area (Å²) in [5.74, 6) is 0. The van der Waals surface area contributed by atoms with Gasteiger partial charge < -0.3 is 0 Å². The zero-order valence-corrected chi connectivity index (χ0v) is 12.6. The van der Waals surface area contributed by atoms with Crippen LogP contribution in [0, 0.1) is 13.8 Å². The van der Waals surface area contributed by atoms with Crippen molar-refractivity contribution < 1.29 is 4.57 Å². The van der Waals surface area contributed by atoms with E-state index in [4.69, 9.17) is 0 Å². The first-order valence-electron chi connectivity index (χ1n) is 7.34. The maximum Gasteiger partial charge on any atom is 0.215 e. The monoisotopic (exact) mass is 274 g/mol. The van der Waals surface area contributed by atoms with Gasteiger partial charge in [-0.3, -0.25) is 0 Å². The summed E-state index contributed by atoms with van der Waals surface area (Å²) in [4.78, 5) is 0. The topological polar surface area (TPSA) is 3.88 Å². The molecule has 1 heterocycles. The summed E-state index contributed by atoms with van der Waals surface area (Å²) in [6, 6.07) is 23.5. The number of benzene rings is 2. The molecule has 0 aliphatic carbocycles. The fraction of sp³-hybridized carbons (Fsp3) is 0.150. The summed E-state index contributed by atoms with van der Waals surface area (Å²) >= 11 is 0. The van der Waals surface area contributed by atoms with Crippen LogP contribution in [-0.2, 0) is 6.54 Å². The predicted octanol–water partition coefficient (Wildman–Crippen LogP) is 4.31. The smallest absolute Gasteiger partial charge is 0.194 e. The van der Waals surface area contributed by atoms with E-state index in [0.717, 1.165) is 6.54 Å². The van der Waals surface area contributed by atoms with Crippen molar-refractivity contribution in [3.63, 3.8) is 0 Å². The molecule has 0 aliphatic rings. The highest BCUT2D eigenvalue weighted by Crippen LogP contribution is 2.23. The van der Waals surface area contributed by atoms with E-state index in [1.807, 2.05) is 0 Å². The Morgan fingerprint density at radius 1 is 0.714 bits per heavy atom. The normalized spacial score (nSPS) is 10.6. The molecule has 3 aromatic rings.